The highest BCUT2D eigenvalue weighted by Crippen LogP contribution is 2.38. The molecule has 1 aromatic heterocycles. The van der Waals surface area contributed by atoms with Crippen LogP contribution in [-0.4, -0.2) is 20.1 Å². The average Bonchev–Trinajstić information content (AvgIpc) is 3.23. The van der Waals surface area contributed by atoms with Gasteiger partial charge in [0.1, 0.15) is 17.1 Å². The summed E-state index contributed by atoms with van der Waals surface area (Å²) in [6, 6.07) is 16.4. The topological polar surface area (TPSA) is 60.7 Å². The summed E-state index contributed by atoms with van der Waals surface area (Å²) in [6.07, 6.45) is 3.21. The fourth-order valence-corrected chi connectivity index (χ4v) is 4.02. The van der Waals surface area contributed by atoms with Crippen molar-refractivity contribution in [1.29, 1.82) is 0 Å². The molecular weight excluding hydrogens is 461 g/mol. The van der Waals surface area contributed by atoms with Crippen LogP contribution in [0.25, 0.3) is 27.7 Å². The third kappa shape index (κ3) is 4.85. The second kappa shape index (κ2) is 9.61. The van der Waals surface area contributed by atoms with Crippen molar-refractivity contribution in [3.05, 3.63) is 82.5 Å². The summed E-state index contributed by atoms with van der Waals surface area (Å²) in [7, 11) is 3.21. The van der Waals surface area contributed by atoms with Crippen molar-refractivity contribution in [2.45, 2.75) is 6.92 Å². The SMILES string of the molecule is COc1ccc(-c2coc3cc(OC)c(/C(C)=C/C(=O)Nc4ccc(Cl)cc4Cl)cc23)cc1. The molecule has 5 nitrogen and oxygen atoms in total. The van der Waals surface area contributed by atoms with Gasteiger partial charge in [0.05, 0.1) is 31.2 Å². The molecule has 0 aliphatic rings. The fourth-order valence-electron chi connectivity index (χ4n) is 3.56. The van der Waals surface area contributed by atoms with Crippen molar-refractivity contribution < 1.29 is 18.7 Å². The van der Waals surface area contributed by atoms with Crippen LogP contribution >= 0.6 is 23.2 Å². The van der Waals surface area contributed by atoms with Gasteiger partial charge in [-0.25, -0.2) is 0 Å². The zero-order valence-corrected chi connectivity index (χ0v) is 19.8. The van der Waals surface area contributed by atoms with Crippen LogP contribution in [0.1, 0.15) is 12.5 Å². The number of hydrogen-bond donors (Lipinski definition) is 1. The number of furan rings is 1. The highest BCUT2D eigenvalue weighted by Gasteiger charge is 2.15. The Kier molecular flexibility index (Phi) is 6.63. The molecule has 3 aromatic carbocycles. The zero-order chi connectivity index (χ0) is 23.5. The maximum Gasteiger partial charge on any atom is 0.248 e. The lowest BCUT2D eigenvalue weighted by Gasteiger charge is -2.11. The van der Waals surface area contributed by atoms with Gasteiger partial charge in [-0.2, -0.15) is 0 Å². The number of anilines is 1. The van der Waals surface area contributed by atoms with Gasteiger partial charge in [-0.15, -0.1) is 0 Å². The number of rotatable bonds is 6. The van der Waals surface area contributed by atoms with Gasteiger partial charge in [0.25, 0.3) is 0 Å². The molecule has 4 aromatic rings. The van der Waals surface area contributed by atoms with Crippen LogP contribution in [0.2, 0.25) is 10.0 Å². The van der Waals surface area contributed by atoms with E-state index in [2.05, 4.69) is 5.32 Å². The number of benzene rings is 3. The van der Waals surface area contributed by atoms with Gasteiger partial charge < -0.3 is 19.2 Å². The Morgan fingerprint density at radius 1 is 1.00 bits per heavy atom. The van der Waals surface area contributed by atoms with E-state index in [1.807, 2.05) is 43.3 Å². The van der Waals surface area contributed by atoms with Crippen molar-refractivity contribution in [2.75, 3.05) is 19.5 Å². The molecular formula is C26H21Cl2NO4. The van der Waals surface area contributed by atoms with E-state index in [0.29, 0.717) is 27.1 Å². The van der Waals surface area contributed by atoms with E-state index >= 15 is 0 Å². The molecule has 4 rings (SSSR count). The molecule has 0 aliphatic carbocycles. The van der Waals surface area contributed by atoms with Gasteiger partial charge >= 0.3 is 0 Å². The lowest BCUT2D eigenvalue weighted by Crippen LogP contribution is -2.09. The number of carbonyl (C=O) groups is 1. The number of carbonyl (C=O) groups excluding carboxylic acids is 1. The normalized spacial score (nSPS) is 11.5. The second-order valence-electron chi connectivity index (χ2n) is 7.37. The molecule has 0 saturated heterocycles. The van der Waals surface area contributed by atoms with Crippen molar-refractivity contribution in [3.8, 4) is 22.6 Å². The molecule has 0 aliphatic heterocycles. The number of allylic oxidation sites excluding steroid dienone is 1. The number of methoxy groups -OCH3 is 2. The summed E-state index contributed by atoms with van der Waals surface area (Å²) in [5.41, 5.74) is 4.58. The quantitative estimate of drug-likeness (QED) is 0.290. The third-order valence-electron chi connectivity index (χ3n) is 5.26. The minimum absolute atomic E-state index is 0.318. The summed E-state index contributed by atoms with van der Waals surface area (Å²) in [4.78, 5) is 12.6. The predicted molar refractivity (Wildman–Crippen MR) is 133 cm³/mol. The summed E-state index contributed by atoms with van der Waals surface area (Å²) < 4.78 is 16.6. The van der Waals surface area contributed by atoms with Crippen molar-refractivity contribution >= 4 is 51.3 Å². The Labute approximate surface area is 201 Å². The smallest absolute Gasteiger partial charge is 0.248 e. The maximum atomic E-state index is 12.6. The molecule has 0 atom stereocenters. The molecule has 1 amide bonds. The number of nitrogens with one attached hydrogen (secondary N) is 1. The number of fused-ring (bicyclic) bond motifs is 1. The highest BCUT2D eigenvalue weighted by molar-refractivity contribution is 6.36. The van der Waals surface area contributed by atoms with Gasteiger partial charge in [0.2, 0.25) is 5.91 Å². The van der Waals surface area contributed by atoms with Crippen LogP contribution < -0.4 is 14.8 Å². The Bertz CT molecular complexity index is 1360. The van der Waals surface area contributed by atoms with Gasteiger partial charge in [-0.05, 0) is 54.5 Å². The minimum atomic E-state index is -0.318. The largest absolute Gasteiger partial charge is 0.497 e. The first kappa shape index (κ1) is 22.8. The lowest BCUT2D eigenvalue weighted by atomic mass is 9.99. The van der Waals surface area contributed by atoms with E-state index in [-0.39, 0.29) is 5.91 Å². The van der Waals surface area contributed by atoms with Gasteiger partial charge in [0, 0.05) is 33.7 Å². The molecule has 1 heterocycles. The number of amides is 1. The first-order valence-electron chi connectivity index (χ1n) is 10.1. The summed E-state index contributed by atoms with van der Waals surface area (Å²) in [6.45, 7) is 1.85. The number of ether oxygens (including phenoxy) is 2. The highest BCUT2D eigenvalue weighted by atomic mass is 35.5. The van der Waals surface area contributed by atoms with Crippen LogP contribution in [0.15, 0.2) is 71.4 Å². The average molecular weight is 482 g/mol. The fraction of sp³-hybridized carbons (Fsp3) is 0.115. The maximum absolute atomic E-state index is 12.6. The Morgan fingerprint density at radius 3 is 2.42 bits per heavy atom. The van der Waals surface area contributed by atoms with Gasteiger partial charge in [0.15, 0.2) is 0 Å². The molecule has 33 heavy (non-hydrogen) atoms. The molecule has 0 radical (unpaired) electrons. The lowest BCUT2D eigenvalue weighted by molar-refractivity contribution is -0.111. The standard InChI is InChI=1S/C26H21Cl2NO4/c1-15(10-26(30)29-23-9-6-17(27)11-22(23)28)19-12-20-21(14-33-25(20)13-24(19)32-3)16-4-7-18(31-2)8-5-16/h4-14H,1-3H3,(H,29,30)/b15-10+. The summed E-state index contributed by atoms with van der Waals surface area (Å²) >= 11 is 12.1. The van der Waals surface area contributed by atoms with Crippen LogP contribution in [-0.2, 0) is 4.79 Å². The van der Waals surface area contributed by atoms with Crippen molar-refractivity contribution in [3.63, 3.8) is 0 Å². The van der Waals surface area contributed by atoms with Crippen LogP contribution in [0.5, 0.6) is 11.5 Å². The first-order valence-corrected chi connectivity index (χ1v) is 10.8. The third-order valence-corrected chi connectivity index (χ3v) is 5.81. The van der Waals surface area contributed by atoms with Gasteiger partial charge in [-0.1, -0.05) is 35.3 Å². The van der Waals surface area contributed by atoms with E-state index in [1.165, 1.54) is 6.08 Å². The molecule has 7 heteroatoms. The second-order valence-corrected chi connectivity index (χ2v) is 8.21. The number of halogens is 2. The van der Waals surface area contributed by atoms with E-state index in [4.69, 9.17) is 37.1 Å². The molecule has 0 fully saturated rings. The molecule has 168 valence electrons. The van der Waals surface area contributed by atoms with E-state index < -0.39 is 0 Å². The Hall–Kier alpha value is -3.41. The predicted octanol–water partition coefficient (Wildman–Crippen LogP) is 7.47. The molecule has 0 spiro atoms. The molecule has 0 bridgehead atoms. The Morgan fingerprint density at radius 2 is 1.76 bits per heavy atom. The molecule has 0 unspecified atom stereocenters. The number of hydrogen-bond acceptors (Lipinski definition) is 4. The summed E-state index contributed by atoms with van der Waals surface area (Å²) in [5, 5.41) is 4.55. The zero-order valence-electron chi connectivity index (χ0n) is 18.2. The van der Waals surface area contributed by atoms with Gasteiger partial charge in [-0.3, -0.25) is 4.79 Å². The van der Waals surface area contributed by atoms with Crippen molar-refractivity contribution in [1.82, 2.24) is 0 Å². The van der Waals surface area contributed by atoms with E-state index in [1.54, 1.807) is 38.7 Å². The monoisotopic (exact) mass is 481 g/mol. The summed E-state index contributed by atoms with van der Waals surface area (Å²) in [5.74, 6) is 1.06. The van der Waals surface area contributed by atoms with Crippen molar-refractivity contribution in [2.24, 2.45) is 0 Å². The minimum Gasteiger partial charge on any atom is -0.497 e. The van der Waals surface area contributed by atoms with Crippen LogP contribution in [0.4, 0.5) is 5.69 Å². The van der Waals surface area contributed by atoms with E-state index in [9.17, 15) is 4.79 Å². The first-order chi connectivity index (χ1) is 15.9. The van der Waals surface area contributed by atoms with Crippen LogP contribution in [0, 0.1) is 0 Å². The molecule has 0 saturated carbocycles. The van der Waals surface area contributed by atoms with E-state index in [0.717, 1.165) is 33.4 Å². The Balaban J connectivity index is 1.69. The molecule has 1 N–H and O–H groups in total. The van der Waals surface area contributed by atoms with Crippen LogP contribution in [0.3, 0.4) is 0 Å².